The van der Waals surface area contributed by atoms with Crippen molar-refractivity contribution in [2.75, 3.05) is 20.9 Å². The molecule has 2 aliphatic heterocycles. The van der Waals surface area contributed by atoms with Crippen LogP contribution >= 0.6 is 0 Å². The molecule has 0 N–H and O–H groups in total. The molecule has 2 aromatic carbocycles. The molecule has 0 saturated heterocycles. The summed E-state index contributed by atoms with van der Waals surface area (Å²) in [6.45, 7) is 0. The molecule has 0 unspecified atom stereocenters. The van der Waals surface area contributed by atoms with E-state index in [9.17, 15) is 20.8 Å². The molecule has 4 rings (SSSR count). The summed E-state index contributed by atoms with van der Waals surface area (Å²) in [6, 6.07) is 5.22. The van der Waals surface area contributed by atoms with E-state index in [1.807, 2.05) is 0 Å². The van der Waals surface area contributed by atoms with Crippen LogP contribution in [0.15, 0.2) is 24.3 Å². The van der Waals surface area contributed by atoms with Gasteiger partial charge in [-0.15, -0.1) is 0 Å². The molecule has 2 heterocycles. The normalized spacial score (nSPS) is 17.2. The summed E-state index contributed by atoms with van der Waals surface area (Å²) in [7, 11) is 0. The predicted molar refractivity (Wildman–Crippen MR) is 69.5 cm³/mol. The molecule has 20 heavy (non-hydrogen) atoms. The van der Waals surface area contributed by atoms with E-state index in [4.69, 9.17) is 0 Å². The maximum absolute atomic E-state index is 11.6. The van der Waals surface area contributed by atoms with Crippen molar-refractivity contribution in [2.24, 2.45) is 0 Å². The zero-order valence-corrected chi connectivity index (χ0v) is 9.55. The summed E-state index contributed by atoms with van der Waals surface area (Å²) in [5, 5.41) is 46.8. The lowest BCUT2D eigenvalue weighted by atomic mass is 10.0. The Hall–Kier alpha value is -2.34. The van der Waals surface area contributed by atoms with Gasteiger partial charge in [0.1, 0.15) is 0 Å². The number of hydrogen-bond donors (Lipinski definition) is 0. The molecule has 0 aliphatic carbocycles. The highest BCUT2D eigenvalue weighted by Gasteiger charge is 2.24. The molecule has 0 fully saturated rings. The molecule has 10 nitrogen and oxygen atoms in total. The average Bonchev–Trinajstić information content (AvgIpc) is 2.42. The van der Waals surface area contributed by atoms with Crippen molar-refractivity contribution in [1.29, 1.82) is 0 Å². The molecule has 0 amide bonds. The maximum Gasteiger partial charge on any atom is 0.0637 e. The van der Waals surface area contributed by atoms with Crippen LogP contribution in [0.5, 0.6) is 0 Å². The number of rotatable bonds is 0. The topological polar surface area (TPSA) is 124 Å². The summed E-state index contributed by atoms with van der Waals surface area (Å²) in [5.41, 5.74) is 0.0978. The van der Waals surface area contributed by atoms with Crippen LogP contribution in [0.4, 0.5) is 22.7 Å². The van der Waals surface area contributed by atoms with Gasteiger partial charge in [0.15, 0.2) is 0 Å². The van der Waals surface area contributed by atoms with Gasteiger partial charge >= 0.3 is 0 Å². The largest absolute Gasteiger partial charge is 0.731 e. The van der Waals surface area contributed by atoms with Gasteiger partial charge in [0.2, 0.25) is 0 Å². The van der Waals surface area contributed by atoms with Gasteiger partial charge in [0.05, 0.1) is 22.7 Å². The van der Waals surface area contributed by atoms with Crippen molar-refractivity contribution in [3.63, 3.8) is 0 Å². The van der Waals surface area contributed by atoms with E-state index in [1.165, 1.54) is 24.3 Å². The molecule has 104 valence electrons. The minimum atomic E-state index is 0.0165. The average molecular weight is 276 g/mol. The highest BCUT2D eigenvalue weighted by Crippen LogP contribution is 2.48. The van der Waals surface area contributed by atoms with Gasteiger partial charge < -0.3 is 20.8 Å². The first kappa shape index (κ1) is 11.5. The maximum atomic E-state index is 11.6. The van der Waals surface area contributed by atoms with Crippen LogP contribution in [0, 0.1) is 20.8 Å². The van der Waals surface area contributed by atoms with Gasteiger partial charge in [-0.2, -0.15) is 9.88 Å². The van der Waals surface area contributed by atoms with Gasteiger partial charge in [-0.3, -0.25) is 20.9 Å². The molecule has 0 bridgehead atoms. The molecule has 10 heteroatoms. The van der Waals surface area contributed by atoms with E-state index in [2.05, 4.69) is 9.88 Å². The third-order valence-corrected chi connectivity index (χ3v) is 3.16. The fourth-order valence-corrected chi connectivity index (χ4v) is 2.34. The quantitative estimate of drug-likeness (QED) is 0.702. The molecule has 0 spiro atoms. The van der Waals surface area contributed by atoms with Crippen LogP contribution in [0.25, 0.3) is 10.8 Å². The molecular weight excluding hydrogens is 272 g/mol. The molecule has 0 saturated carbocycles. The number of anilines is 4. The van der Waals surface area contributed by atoms with Crippen LogP contribution in [-0.4, -0.2) is 0 Å². The molecule has 2 aliphatic rings. The van der Waals surface area contributed by atoms with Crippen LogP contribution in [0.2, 0.25) is 0 Å². The summed E-state index contributed by atoms with van der Waals surface area (Å²) < 4.78 is 0. The summed E-state index contributed by atoms with van der Waals surface area (Å²) in [5.74, 6) is 0. The van der Waals surface area contributed by atoms with Crippen LogP contribution < -0.4 is 20.9 Å². The number of benzene rings is 2. The van der Waals surface area contributed by atoms with E-state index >= 15 is 0 Å². The van der Waals surface area contributed by atoms with E-state index in [0.29, 0.717) is 0 Å². The van der Waals surface area contributed by atoms with Crippen molar-refractivity contribution in [3.8, 4) is 0 Å². The minimum absolute atomic E-state index is 0.0165. The Morgan fingerprint density at radius 2 is 0.800 bits per heavy atom. The molecule has 0 atom stereocenters. The van der Waals surface area contributed by atoms with Crippen molar-refractivity contribution in [1.82, 2.24) is 0 Å². The predicted octanol–water partition coefficient (Wildman–Crippen LogP) is 1.78. The lowest BCUT2D eigenvalue weighted by Gasteiger charge is -2.48. The smallest absolute Gasteiger partial charge is 0.0637 e. The Morgan fingerprint density at radius 3 is 1.05 bits per heavy atom. The van der Waals surface area contributed by atoms with Crippen LogP contribution in [-0.2, 0) is 9.88 Å². The summed E-state index contributed by atoms with van der Waals surface area (Å²) in [6.07, 6.45) is 0. The van der Waals surface area contributed by atoms with Crippen LogP contribution in [0.3, 0.4) is 0 Å². The van der Waals surface area contributed by atoms with Gasteiger partial charge in [0.25, 0.3) is 0 Å². The second kappa shape index (κ2) is 3.61. The van der Waals surface area contributed by atoms with Gasteiger partial charge in [-0.05, 0) is 24.3 Å². The minimum Gasteiger partial charge on any atom is -0.731 e. The third kappa shape index (κ3) is 1.26. The Bertz CT molecular complexity index is 609. The van der Waals surface area contributed by atoms with Crippen LogP contribution in [0.1, 0.15) is 0 Å². The van der Waals surface area contributed by atoms with Gasteiger partial charge in [-0.25, -0.2) is 0 Å². The van der Waals surface area contributed by atoms with Crippen molar-refractivity contribution < 1.29 is 9.88 Å². The summed E-state index contributed by atoms with van der Waals surface area (Å²) in [4.78, 5) is 8.86. The van der Waals surface area contributed by atoms with E-state index in [-0.39, 0.29) is 54.4 Å². The highest BCUT2D eigenvalue weighted by molar-refractivity contribution is 6.16. The monoisotopic (exact) mass is 276 g/mol. The Labute approximate surface area is 110 Å². The number of hydrogen-bond acceptors (Lipinski definition) is 10. The van der Waals surface area contributed by atoms with Gasteiger partial charge in [0, 0.05) is 10.8 Å². The van der Waals surface area contributed by atoms with E-state index in [0.717, 1.165) is 0 Å². The fourth-order valence-electron chi connectivity index (χ4n) is 2.34. The second-order valence-electron chi connectivity index (χ2n) is 4.15. The van der Waals surface area contributed by atoms with E-state index in [1.54, 1.807) is 0 Å². The fraction of sp³-hybridized carbons (Fsp3) is 0. The molecule has 0 radical (unpaired) electrons. The second-order valence-corrected chi connectivity index (χ2v) is 4.15. The third-order valence-electron chi connectivity index (χ3n) is 3.16. The Balaban J connectivity index is 2.17. The summed E-state index contributed by atoms with van der Waals surface area (Å²) >= 11 is 0. The highest BCUT2D eigenvalue weighted by atomic mass is 17.1. The first-order valence-corrected chi connectivity index (χ1v) is 5.43. The van der Waals surface area contributed by atoms with Crippen molar-refractivity contribution >= 4 is 33.5 Å². The Kier molecular flexibility index (Phi) is 2.07. The lowest BCUT2D eigenvalue weighted by molar-refractivity contribution is 0.125. The SMILES string of the molecule is [O-]N1ON([O-])c2ccc3c4c(ccc1c24)N([O-])ON3[O-]. The zero-order valence-electron chi connectivity index (χ0n) is 9.55. The molecular formula is C10H4N4O6-4. The van der Waals surface area contributed by atoms with Crippen molar-refractivity contribution in [3.05, 3.63) is 45.1 Å². The first-order chi connectivity index (χ1) is 9.58. The Morgan fingerprint density at radius 1 is 0.550 bits per heavy atom. The standard InChI is InChI=1S/C10H4N4O6/c15-11-5-1-2-6-10-8(14(18)20-12(6)16)4-3-7(9(5)10)13(17)19-11/h1-4H/q-4. The van der Waals surface area contributed by atoms with Gasteiger partial charge in [-0.1, -0.05) is 0 Å². The first-order valence-electron chi connectivity index (χ1n) is 5.43. The number of nitrogens with zero attached hydrogens (tertiary/aromatic N) is 4. The zero-order chi connectivity index (χ0) is 14.0. The lowest BCUT2D eigenvalue weighted by Crippen LogP contribution is -2.34. The molecule has 2 aromatic rings. The molecule has 0 aromatic heterocycles. The van der Waals surface area contributed by atoms with Crippen molar-refractivity contribution in [2.45, 2.75) is 0 Å². The van der Waals surface area contributed by atoms with E-state index < -0.39 is 0 Å².